The van der Waals surface area contributed by atoms with Crippen molar-refractivity contribution in [2.45, 2.75) is 51.6 Å². The van der Waals surface area contributed by atoms with Gasteiger partial charge in [0.2, 0.25) is 0 Å². The predicted octanol–water partition coefficient (Wildman–Crippen LogP) is 1.91. The minimum absolute atomic E-state index is 0.0796. The Labute approximate surface area is 79.3 Å². The van der Waals surface area contributed by atoms with E-state index in [2.05, 4.69) is 0 Å². The molecule has 13 heavy (non-hydrogen) atoms. The summed E-state index contributed by atoms with van der Waals surface area (Å²) in [5.74, 6) is 0.655. The second kappa shape index (κ2) is 2.57. The van der Waals surface area contributed by atoms with Crippen LogP contribution in [0.1, 0.15) is 46.0 Å². The van der Waals surface area contributed by atoms with Gasteiger partial charge in [0.05, 0.1) is 0 Å². The average molecular weight is 182 g/mol. The molecule has 2 saturated carbocycles. The Morgan fingerprint density at radius 1 is 1.38 bits per heavy atom. The van der Waals surface area contributed by atoms with E-state index in [0.717, 1.165) is 19.3 Å². The quantitative estimate of drug-likeness (QED) is 0.621. The fourth-order valence-electron chi connectivity index (χ4n) is 3.19. The van der Waals surface area contributed by atoms with Crippen molar-refractivity contribution in [3.8, 4) is 0 Å². The van der Waals surface area contributed by atoms with E-state index in [4.69, 9.17) is 0 Å². The molecule has 2 atom stereocenters. The lowest BCUT2D eigenvalue weighted by molar-refractivity contribution is -0.160. The third-order valence-electron chi connectivity index (χ3n) is 3.67. The van der Waals surface area contributed by atoms with Gasteiger partial charge in [0.15, 0.2) is 5.78 Å². The van der Waals surface area contributed by atoms with Crippen molar-refractivity contribution < 1.29 is 9.90 Å². The first-order chi connectivity index (χ1) is 5.94. The normalized spacial score (nSPS) is 43.3. The molecule has 1 N–H and O–H groups in total. The van der Waals surface area contributed by atoms with Crippen molar-refractivity contribution in [3.05, 3.63) is 0 Å². The molecular formula is C11H18O2. The third kappa shape index (κ3) is 1.32. The van der Waals surface area contributed by atoms with Crippen molar-refractivity contribution in [3.63, 3.8) is 0 Å². The number of Topliss-reactive ketones (excluding diaryl/α,β-unsaturated/α-hetero) is 1. The van der Waals surface area contributed by atoms with Gasteiger partial charge in [0.25, 0.3) is 0 Å². The first-order valence-corrected chi connectivity index (χ1v) is 5.21. The zero-order valence-corrected chi connectivity index (χ0v) is 8.47. The van der Waals surface area contributed by atoms with Gasteiger partial charge >= 0.3 is 0 Å². The molecule has 0 aromatic carbocycles. The number of carbonyl (C=O) groups excluding carboxylic acids is 1. The summed E-state index contributed by atoms with van der Waals surface area (Å²) in [5.41, 5.74) is -1.26. The van der Waals surface area contributed by atoms with Crippen LogP contribution >= 0.6 is 0 Å². The summed E-state index contributed by atoms with van der Waals surface area (Å²) in [5, 5.41) is 10.2. The molecule has 0 spiro atoms. The fraction of sp³-hybridized carbons (Fsp3) is 0.909. The van der Waals surface area contributed by atoms with Gasteiger partial charge < -0.3 is 5.11 Å². The van der Waals surface area contributed by atoms with E-state index >= 15 is 0 Å². The van der Waals surface area contributed by atoms with Gasteiger partial charge in [-0.2, -0.15) is 0 Å². The van der Waals surface area contributed by atoms with E-state index in [1.54, 1.807) is 0 Å². The third-order valence-corrected chi connectivity index (χ3v) is 3.67. The SMILES string of the molecule is CC1(C)C[C@H]2CCC[C@](O)(C2)C1=O. The Hall–Kier alpha value is -0.370. The summed E-state index contributed by atoms with van der Waals surface area (Å²) in [7, 11) is 0. The molecule has 0 saturated heterocycles. The fourth-order valence-corrected chi connectivity index (χ4v) is 3.19. The maximum atomic E-state index is 11.9. The van der Waals surface area contributed by atoms with E-state index < -0.39 is 5.60 Å². The molecule has 2 aliphatic rings. The smallest absolute Gasteiger partial charge is 0.169 e. The minimum Gasteiger partial charge on any atom is -0.382 e. The van der Waals surface area contributed by atoms with Crippen LogP contribution in [0.4, 0.5) is 0 Å². The molecule has 2 nitrogen and oxygen atoms in total. The van der Waals surface area contributed by atoms with Crippen LogP contribution in [0, 0.1) is 11.3 Å². The van der Waals surface area contributed by atoms with Crippen LogP contribution in [-0.2, 0) is 4.79 Å². The molecule has 0 heterocycles. The van der Waals surface area contributed by atoms with Gasteiger partial charge in [-0.1, -0.05) is 20.3 Å². The maximum absolute atomic E-state index is 11.9. The van der Waals surface area contributed by atoms with E-state index in [9.17, 15) is 9.90 Å². The maximum Gasteiger partial charge on any atom is 0.169 e. The number of fused-ring (bicyclic) bond motifs is 2. The van der Waals surface area contributed by atoms with Gasteiger partial charge in [0, 0.05) is 5.41 Å². The molecule has 74 valence electrons. The molecular weight excluding hydrogens is 164 g/mol. The van der Waals surface area contributed by atoms with Crippen LogP contribution in [0.3, 0.4) is 0 Å². The van der Waals surface area contributed by atoms with Crippen molar-refractivity contribution in [1.82, 2.24) is 0 Å². The number of hydrogen-bond acceptors (Lipinski definition) is 2. The highest BCUT2D eigenvalue weighted by molar-refractivity contribution is 5.92. The summed E-state index contributed by atoms with van der Waals surface area (Å²) < 4.78 is 0. The highest BCUT2D eigenvalue weighted by Crippen LogP contribution is 2.47. The number of ketones is 1. The molecule has 0 radical (unpaired) electrons. The first kappa shape index (κ1) is 9.20. The lowest BCUT2D eigenvalue weighted by Crippen LogP contribution is -2.54. The number of hydrogen-bond donors (Lipinski definition) is 1. The van der Waals surface area contributed by atoms with E-state index in [-0.39, 0.29) is 11.2 Å². The summed E-state index contributed by atoms with van der Waals surface area (Å²) in [6, 6.07) is 0. The zero-order valence-electron chi connectivity index (χ0n) is 8.47. The number of rotatable bonds is 0. The average Bonchev–Trinajstić information content (AvgIpc) is 2.00. The van der Waals surface area contributed by atoms with Crippen molar-refractivity contribution in [2.75, 3.05) is 0 Å². The largest absolute Gasteiger partial charge is 0.382 e. The molecule has 0 amide bonds. The standard InChI is InChI=1S/C11H18O2/c1-10(2)6-8-4-3-5-11(13,7-8)9(10)12/h8,13H,3-7H2,1-2H3/t8-,11+/m1/s1. The minimum atomic E-state index is -0.968. The predicted molar refractivity (Wildman–Crippen MR) is 50.3 cm³/mol. The van der Waals surface area contributed by atoms with E-state index in [1.165, 1.54) is 6.42 Å². The van der Waals surface area contributed by atoms with Crippen LogP contribution in [0.15, 0.2) is 0 Å². The molecule has 0 unspecified atom stereocenters. The molecule has 2 bridgehead atoms. The number of aliphatic hydroxyl groups is 1. The van der Waals surface area contributed by atoms with E-state index in [1.807, 2.05) is 13.8 Å². The van der Waals surface area contributed by atoms with Gasteiger partial charge in [-0.25, -0.2) is 0 Å². The van der Waals surface area contributed by atoms with Gasteiger partial charge in [-0.3, -0.25) is 4.79 Å². The van der Waals surface area contributed by atoms with Crippen LogP contribution in [-0.4, -0.2) is 16.5 Å². The highest BCUT2D eigenvalue weighted by Gasteiger charge is 2.52. The van der Waals surface area contributed by atoms with Crippen molar-refractivity contribution >= 4 is 5.78 Å². The van der Waals surface area contributed by atoms with Gasteiger partial charge in [-0.15, -0.1) is 0 Å². The Bertz CT molecular complexity index is 242. The Morgan fingerprint density at radius 3 is 2.77 bits per heavy atom. The second-order valence-corrected chi connectivity index (χ2v) is 5.41. The number of carbonyl (C=O) groups is 1. The van der Waals surface area contributed by atoms with Crippen LogP contribution in [0.25, 0.3) is 0 Å². The summed E-state index contributed by atoms with van der Waals surface area (Å²) in [6.07, 6.45) is 4.58. The van der Waals surface area contributed by atoms with Crippen LogP contribution < -0.4 is 0 Å². The Kier molecular flexibility index (Phi) is 1.82. The Balaban J connectivity index is 2.31. The molecule has 2 aliphatic carbocycles. The van der Waals surface area contributed by atoms with Gasteiger partial charge in [0.1, 0.15) is 5.60 Å². The topological polar surface area (TPSA) is 37.3 Å². The zero-order chi connectivity index (χ0) is 9.69. The monoisotopic (exact) mass is 182 g/mol. The van der Waals surface area contributed by atoms with Crippen LogP contribution in [0.5, 0.6) is 0 Å². The molecule has 0 aromatic rings. The molecule has 2 heteroatoms. The first-order valence-electron chi connectivity index (χ1n) is 5.21. The molecule has 2 fully saturated rings. The Morgan fingerprint density at radius 2 is 2.08 bits per heavy atom. The molecule has 0 aliphatic heterocycles. The molecule has 0 aromatic heterocycles. The highest BCUT2D eigenvalue weighted by atomic mass is 16.3. The van der Waals surface area contributed by atoms with Crippen molar-refractivity contribution in [1.29, 1.82) is 0 Å². The molecule has 2 rings (SSSR count). The lowest BCUT2D eigenvalue weighted by atomic mass is 9.59. The lowest BCUT2D eigenvalue weighted by Gasteiger charge is -2.47. The second-order valence-electron chi connectivity index (χ2n) is 5.41. The van der Waals surface area contributed by atoms with E-state index in [0.29, 0.717) is 12.3 Å². The summed E-state index contributed by atoms with van der Waals surface area (Å²) in [6.45, 7) is 3.94. The van der Waals surface area contributed by atoms with Crippen LogP contribution in [0.2, 0.25) is 0 Å². The summed E-state index contributed by atoms with van der Waals surface area (Å²) >= 11 is 0. The summed E-state index contributed by atoms with van der Waals surface area (Å²) in [4.78, 5) is 11.9. The van der Waals surface area contributed by atoms with Gasteiger partial charge in [-0.05, 0) is 31.6 Å². The van der Waals surface area contributed by atoms with Crippen molar-refractivity contribution in [2.24, 2.45) is 11.3 Å².